The van der Waals surface area contributed by atoms with Crippen molar-refractivity contribution >= 4 is 38.9 Å². The van der Waals surface area contributed by atoms with Crippen LogP contribution < -0.4 is 16.0 Å². The first-order chi connectivity index (χ1) is 13.8. The summed E-state index contributed by atoms with van der Waals surface area (Å²) in [7, 11) is -2.85. The van der Waals surface area contributed by atoms with Crippen molar-refractivity contribution in [3.8, 4) is 0 Å². The van der Waals surface area contributed by atoms with Crippen molar-refractivity contribution in [2.24, 2.45) is 5.73 Å². The first-order valence-electron chi connectivity index (χ1n) is 9.36. The molecule has 2 heterocycles. The molecule has 4 rings (SSSR count). The summed E-state index contributed by atoms with van der Waals surface area (Å²) in [6, 6.07) is 15.3. The van der Waals surface area contributed by atoms with Crippen molar-refractivity contribution in [2.45, 2.75) is 18.4 Å². The molecule has 0 fully saturated rings. The number of nitrogens with zero attached hydrogens (tertiary/aromatic N) is 2. The van der Waals surface area contributed by atoms with Gasteiger partial charge in [-0.05, 0) is 30.7 Å². The molecule has 0 saturated carbocycles. The van der Waals surface area contributed by atoms with Crippen LogP contribution in [0, 0.1) is 6.92 Å². The van der Waals surface area contributed by atoms with E-state index in [-0.39, 0.29) is 12.3 Å². The summed E-state index contributed by atoms with van der Waals surface area (Å²) < 4.78 is 21.2. The number of pyridine rings is 1. The van der Waals surface area contributed by atoms with Gasteiger partial charge in [0.05, 0.1) is 22.7 Å². The van der Waals surface area contributed by atoms with E-state index in [4.69, 9.17) is 10.7 Å². The van der Waals surface area contributed by atoms with Crippen LogP contribution in [0.2, 0.25) is 0 Å². The van der Waals surface area contributed by atoms with Crippen LogP contribution >= 0.6 is 10.6 Å². The van der Waals surface area contributed by atoms with Crippen LogP contribution in [0.1, 0.15) is 11.1 Å². The molecule has 0 radical (unpaired) electrons. The molecule has 0 unspecified atom stereocenters. The maximum absolute atomic E-state index is 11.3. The van der Waals surface area contributed by atoms with E-state index < -0.39 is 16.5 Å². The van der Waals surface area contributed by atoms with Crippen LogP contribution in [-0.4, -0.2) is 38.8 Å². The molecule has 1 aromatic heterocycles. The third-order valence-electron chi connectivity index (χ3n) is 5.06. The first kappa shape index (κ1) is 19.5. The average Bonchev–Trinajstić information content (AvgIpc) is 2.82. The summed E-state index contributed by atoms with van der Waals surface area (Å²) >= 11 is 0. The number of primary amides is 1. The van der Waals surface area contributed by atoms with Gasteiger partial charge in [-0.2, -0.15) is 10.6 Å². The fourth-order valence-electron chi connectivity index (χ4n) is 3.60. The maximum Gasteiger partial charge on any atom is 0.236 e. The zero-order valence-corrected chi connectivity index (χ0v) is 16.9. The minimum absolute atomic E-state index is 0.0237. The Bertz CT molecular complexity index is 1090. The second kappa shape index (κ2) is 7.55. The smallest absolute Gasteiger partial charge is 0.236 e. The predicted molar refractivity (Wildman–Crippen MR) is 118 cm³/mol. The number of amides is 1. The molecule has 8 heteroatoms. The molecular formula is C21H24N4O3S. The molecule has 7 nitrogen and oxygen atoms in total. The normalized spacial score (nSPS) is 16.7. The van der Waals surface area contributed by atoms with Crippen LogP contribution in [0.25, 0.3) is 10.9 Å². The number of nitrogens with one attached hydrogen (secondary N) is 1. The molecule has 3 aromatic rings. The highest BCUT2D eigenvalue weighted by molar-refractivity contribution is 8.24. The number of hydrogen-bond acceptors (Lipinski definition) is 6. The van der Waals surface area contributed by atoms with Gasteiger partial charge in [0.2, 0.25) is 5.91 Å². The Morgan fingerprint density at radius 3 is 2.83 bits per heavy atom. The second-order valence-corrected chi connectivity index (χ2v) is 9.45. The van der Waals surface area contributed by atoms with Gasteiger partial charge in [-0.3, -0.25) is 13.9 Å². The predicted octanol–water partition coefficient (Wildman–Crippen LogP) is 3.57. The Balaban J connectivity index is 1.77. The molecule has 1 amide bonds. The van der Waals surface area contributed by atoms with Crippen molar-refractivity contribution in [2.75, 3.05) is 29.1 Å². The van der Waals surface area contributed by atoms with Gasteiger partial charge in [0, 0.05) is 30.2 Å². The standard InChI is InChI=1S/C21H24N4O3S/c1-14-6-7-17-16(10-14)18(23-12-20(22)26)11-21(24-17)25-8-9-29(27,28)19-5-3-2-4-15(19)13-25/h2-7,10-11,27-28H,8-9,12-13H2,1H3,(H2,22,26)(H,23,24). The summed E-state index contributed by atoms with van der Waals surface area (Å²) in [4.78, 5) is 18.7. The number of nitrogens with two attached hydrogens (primary N) is 1. The Morgan fingerprint density at radius 2 is 2.03 bits per heavy atom. The highest BCUT2D eigenvalue weighted by atomic mass is 32.3. The van der Waals surface area contributed by atoms with Gasteiger partial charge < -0.3 is 16.0 Å². The van der Waals surface area contributed by atoms with E-state index in [0.717, 1.165) is 27.7 Å². The molecule has 0 saturated heterocycles. The number of aryl methyl sites for hydroxylation is 1. The van der Waals surface area contributed by atoms with E-state index in [9.17, 15) is 13.9 Å². The summed E-state index contributed by atoms with van der Waals surface area (Å²) in [5.74, 6) is 0.504. The van der Waals surface area contributed by atoms with Gasteiger partial charge in [0.15, 0.2) is 0 Å². The number of aromatic nitrogens is 1. The van der Waals surface area contributed by atoms with Crippen LogP contribution in [0.3, 0.4) is 0 Å². The molecule has 0 spiro atoms. The Kier molecular flexibility index (Phi) is 5.08. The van der Waals surface area contributed by atoms with E-state index in [2.05, 4.69) is 5.32 Å². The van der Waals surface area contributed by atoms with Gasteiger partial charge in [-0.15, -0.1) is 0 Å². The van der Waals surface area contributed by atoms with Crippen molar-refractivity contribution < 1.29 is 13.9 Å². The average molecular weight is 413 g/mol. The van der Waals surface area contributed by atoms with Crippen molar-refractivity contribution in [1.29, 1.82) is 0 Å². The van der Waals surface area contributed by atoms with E-state index in [0.29, 0.717) is 23.8 Å². The molecule has 2 aromatic carbocycles. The van der Waals surface area contributed by atoms with Crippen molar-refractivity contribution in [3.63, 3.8) is 0 Å². The number of hydrogen-bond donors (Lipinski definition) is 4. The summed E-state index contributed by atoms with van der Waals surface area (Å²) in [5, 5.41) is 4.02. The van der Waals surface area contributed by atoms with Gasteiger partial charge >= 0.3 is 0 Å². The molecular weight excluding hydrogens is 388 g/mol. The number of rotatable bonds is 4. The quantitative estimate of drug-likeness (QED) is 0.521. The third kappa shape index (κ3) is 4.00. The molecule has 0 atom stereocenters. The number of carbonyl (C=O) groups is 1. The zero-order chi connectivity index (χ0) is 20.6. The maximum atomic E-state index is 11.3. The molecule has 1 aliphatic heterocycles. The minimum atomic E-state index is -2.85. The third-order valence-corrected chi connectivity index (χ3v) is 6.91. The lowest BCUT2D eigenvalue weighted by atomic mass is 10.1. The van der Waals surface area contributed by atoms with Gasteiger partial charge in [-0.1, -0.05) is 29.8 Å². The summed E-state index contributed by atoms with van der Waals surface area (Å²) in [5.41, 5.74) is 8.86. The fourth-order valence-corrected chi connectivity index (χ4v) is 5.14. The Morgan fingerprint density at radius 1 is 1.24 bits per heavy atom. The lowest BCUT2D eigenvalue weighted by Gasteiger charge is -2.32. The van der Waals surface area contributed by atoms with Gasteiger partial charge in [-0.25, -0.2) is 4.98 Å². The monoisotopic (exact) mass is 412 g/mol. The molecule has 29 heavy (non-hydrogen) atoms. The van der Waals surface area contributed by atoms with Crippen molar-refractivity contribution in [1.82, 2.24) is 4.98 Å². The fraction of sp³-hybridized carbons (Fsp3) is 0.238. The largest absolute Gasteiger partial charge is 0.376 e. The highest BCUT2D eigenvalue weighted by Gasteiger charge is 2.26. The highest BCUT2D eigenvalue weighted by Crippen LogP contribution is 2.51. The Labute approximate surface area is 170 Å². The number of carbonyl (C=O) groups excluding carboxylic acids is 1. The SMILES string of the molecule is Cc1ccc2nc(N3CCS(O)(O)c4ccccc4C3)cc(NCC(N)=O)c2c1. The zero-order valence-electron chi connectivity index (χ0n) is 16.1. The van der Waals surface area contributed by atoms with Gasteiger partial charge in [0.25, 0.3) is 0 Å². The van der Waals surface area contributed by atoms with E-state index in [1.165, 1.54) is 0 Å². The molecule has 152 valence electrons. The topological polar surface area (TPSA) is 112 Å². The minimum Gasteiger partial charge on any atom is -0.376 e. The number of benzene rings is 2. The van der Waals surface area contributed by atoms with Crippen LogP contribution in [-0.2, 0) is 11.3 Å². The summed E-state index contributed by atoms with van der Waals surface area (Å²) in [6.07, 6.45) is 0. The second-order valence-electron chi connectivity index (χ2n) is 7.27. The van der Waals surface area contributed by atoms with Gasteiger partial charge in [0.1, 0.15) is 5.82 Å². The van der Waals surface area contributed by atoms with E-state index in [1.807, 2.05) is 54.3 Å². The molecule has 5 N–H and O–H groups in total. The van der Waals surface area contributed by atoms with Crippen LogP contribution in [0.5, 0.6) is 0 Å². The van der Waals surface area contributed by atoms with Crippen molar-refractivity contribution in [3.05, 3.63) is 59.7 Å². The van der Waals surface area contributed by atoms with E-state index in [1.54, 1.807) is 6.07 Å². The molecule has 0 bridgehead atoms. The molecule has 1 aliphatic rings. The number of fused-ring (bicyclic) bond motifs is 2. The van der Waals surface area contributed by atoms with Crippen LogP contribution in [0.15, 0.2) is 53.4 Å². The molecule has 0 aliphatic carbocycles. The lowest BCUT2D eigenvalue weighted by Crippen LogP contribution is -2.26. The first-order valence-corrected chi connectivity index (χ1v) is 11.1. The number of anilines is 2. The van der Waals surface area contributed by atoms with Crippen LogP contribution in [0.4, 0.5) is 11.5 Å². The van der Waals surface area contributed by atoms with E-state index >= 15 is 0 Å². The lowest BCUT2D eigenvalue weighted by molar-refractivity contribution is -0.116. The summed E-state index contributed by atoms with van der Waals surface area (Å²) in [6.45, 7) is 3.00. The Hall–Kier alpha value is -2.81.